The Balaban J connectivity index is 2.15. The molecule has 3 rings (SSSR count). The predicted molar refractivity (Wildman–Crippen MR) is 156 cm³/mol. The van der Waals surface area contributed by atoms with Crippen molar-refractivity contribution < 1.29 is 35.1 Å². The highest BCUT2D eigenvalue weighted by Gasteiger charge is 2.51. The molecule has 1 aliphatic carbocycles. The molecule has 9 nitrogen and oxygen atoms in total. The number of hydrogen-bond acceptors (Lipinski definition) is 7. The van der Waals surface area contributed by atoms with Gasteiger partial charge in [-0.05, 0) is 30.0 Å². The molecule has 1 aliphatic heterocycles. The quantitative estimate of drug-likeness (QED) is 0.380. The minimum atomic E-state index is -4.94. The van der Waals surface area contributed by atoms with Crippen LogP contribution >= 0.6 is 12.2 Å². The van der Waals surface area contributed by atoms with Gasteiger partial charge in [-0.25, -0.2) is 8.42 Å². The van der Waals surface area contributed by atoms with E-state index in [9.17, 15) is 35.1 Å². The monoisotopic (exact) mass is 638 g/mol. The first-order chi connectivity index (χ1) is 18.8. The van der Waals surface area contributed by atoms with Gasteiger partial charge in [0.05, 0.1) is 10.4 Å². The van der Waals surface area contributed by atoms with Crippen LogP contribution in [-0.2, 0) is 31.4 Å². The van der Waals surface area contributed by atoms with E-state index in [4.69, 9.17) is 12.2 Å². The van der Waals surface area contributed by atoms with Gasteiger partial charge in [0, 0.05) is 58.1 Å². The molecule has 2 N–H and O–H groups in total. The van der Waals surface area contributed by atoms with E-state index in [2.05, 4.69) is 5.32 Å². The minimum Gasteiger partial charge on any atom is -0.376 e. The van der Waals surface area contributed by atoms with E-state index in [-0.39, 0.29) is 48.4 Å². The topological polar surface area (TPSA) is 110 Å². The first-order valence-corrected chi connectivity index (χ1v) is 16.2. The van der Waals surface area contributed by atoms with Crippen LogP contribution in [0.5, 0.6) is 0 Å². The fraction of sp³-hybridized carbons (Fsp3) is 0.577. The van der Waals surface area contributed by atoms with Crippen molar-refractivity contribution in [3.8, 4) is 0 Å². The van der Waals surface area contributed by atoms with E-state index in [0.29, 0.717) is 18.9 Å². The first-order valence-electron chi connectivity index (χ1n) is 13.0. The number of benzene rings is 1. The average Bonchev–Trinajstić information content (AvgIpc) is 2.87. The molecule has 1 aromatic carbocycles. The molecule has 0 radical (unpaired) electrons. The van der Waals surface area contributed by atoms with Crippen LogP contribution in [0, 0.1) is 5.92 Å². The molecule has 0 aromatic heterocycles. The van der Waals surface area contributed by atoms with E-state index in [1.807, 2.05) is 13.8 Å². The van der Waals surface area contributed by atoms with Crippen molar-refractivity contribution in [1.82, 2.24) is 18.2 Å². The summed E-state index contributed by atoms with van der Waals surface area (Å²) in [7, 11) is -5.29. The minimum absolute atomic E-state index is 0.0117. The van der Waals surface area contributed by atoms with Gasteiger partial charge in [0.25, 0.3) is 10.2 Å². The molecule has 41 heavy (non-hydrogen) atoms. The second-order valence-electron chi connectivity index (χ2n) is 11.1. The van der Waals surface area contributed by atoms with Crippen molar-refractivity contribution in [3.05, 3.63) is 58.5 Å². The molecular formula is C26H37F3N4O5S3. The zero-order chi connectivity index (χ0) is 31.0. The van der Waals surface area contributed by atoms with Crippen molar-refractivity contribution in [2.45, 2.75) is 44.5 Å². The lowest BCUT2D eigenvalue weighted by Crippen LogP contribution is -2.64. The Morgan fingerprint density at radius 1 is 1.15 bits per heavy atom. The highest BCUT2D eigenvalue weighted by Crippen LogP contribution is 2.39. The average molecular weight is 639 g/mol. The van der Waals surface area contributed by atoms with E-state index < -0.39 is 43.1 Å². The van der Waals surface area contributed by atoms with Crippen LogP contribution < -0.4 is 5.32 Å². The normalized spacial score (nSPS) is 22.8. The molecule has 15 heteroatoms. The molecule has 0 unspecified atom stereocenters. The summed E-state index contributed by atoms with van der Waals surface area (Å²) in [5.41, 5.74) is -4.52. The van der Waals surface area contributed by atoms with Gasteiger partial charge in [-0.15, -0.1) is 0 Å². The molecule has 2 atom stereocenters. The van der Waals surface area contributed by atoms with Gasteiger partial charge >= 0.3 is 6.18 Å². The zero-order valence-corrected chi connectivity index (χ0v) is 26.1. The lowest BCUT2D eigenvalue weighted by Gasteiger charge is -2.46. The second-order valence-corrected chi connectivity index (χ2v) is 15.6. The summed E-state index contributed by atoms with van der Waals surface area (Å²) < 4.78 is 98.3. The van der Waals surface area contributed by atoms with Gasteiger partial charge in [-0.1, -0.05) is 62.5 Å². The number of nitrogens with one attached hydrogen (secondary N) is 1. The molecule has 0 bridgehead atoms. The summed E-state index contributed by atoms with van der Waals surface area (Å²) in [5.74, 6) is -0.0917. The van der Waals surface area contributed by atoms with Gasteiger partial charge in [-0.2, -0.15) is 34.5 Å². The highest BCUT2D eigenvalue weighted by molar-refractivity contribution is 7.96. The molecule has 1 heterocycles. The van der Waals surface area contributed by atoms with Crippen LogP contribution in [0.1, 0.15) is 38.3 Å². The molecule has 1 saturated heterocycles. The molecule has 0 spiro atoms. The van der Waals surface area contributed by atoms with Crippen LogP contribution in [0.15, 0.2) is 47.4 Å². The molecule has 2 aliphatic rings. The fourth-order valence-electron chi connectivity index (χ4n) is 4.80. The first kappa shape index (κ1) is 33.8. The Labute approximate surface area is 245 Å². The number of alkyl halides is 3. The highest BCUT2D eigenvalue weighted by atomic mass is 32.2. The van der Waals surface area contributed by atoms with Crippen LogP contribution in [0.25, 0.3) is 0 Å². The van der Waals surface area contributed by atoms with E-state index in [1.54, 1.807) is 12.2 Å². The Morgan fingerprint density at radius 3 is 2.27 bits per heavy atom. The third kappa shape index (κ3) is 6.93. The Hall–Kier alpha value is -1.72. The summed E-state index contributed by atoms with van der Waals surface area (Å²) in [5, 5.41) is 13.5. The van der Waals surface area contributed by atoms with Crippen LogP contribution in [0.3, 0.4) is 0 Å². The van der Waals surface area contributed by atoms with Gasteiger partial charge < -0.3 is 10.4 Å². The Kier molecular flexibility index (Phi) is 9.98. The van der Waals surface area contributed by atoms with Crippen molar-refractivity contribution in [2.75, 3.05) is 46.8 Å². The predicted octanol–water partition coefficient (Wildman–Crippen LogP) is 2.86. The van der Waals surface area contributed by atoms with Gasteiger partial charge in [0.2, 0.25) is 10.0 Å². The van der Waals surface area contributed by atoms with E-state index in [1.165, 1.54) is 40.9 Å². The van der Waals surface area contributed by atoms with Crippen LogP contribution in [0.4, 0.5) is 13.2 Å². The van der Waals surface area contributed by atoms with Gasteiger partial charge in [-0.3, -0.25) is 0 Å². The number of aliphatic hydroxyl groups is 1. The Morgan fingerprint density at radius 2 is 1.76 bits per heavy atom. The summed E-state index contributed by atoms with van der Waals surface area (Å²) in [6.07, 6.45) is 0.144. The molecule has 0 saturated carbocycles. The summed E-state index contributed by atoms with van der Waals surface area (Å²) in [6, 6.07) is 4.97. The lowest BCUT2D eigenvalue weighted by molar-refractivity contribution is -0.258. The molecule has 1 aromatic rings. The summed E-state index contributed by atoms with van der Waals surface area (Å²) >= 11 is 5.32. The standard InChI is InChI=1S/C26H37F3N4O5S3/c1-19(2)16-33(41(37,38)31(4)5)18-25(21-12-10-20(11-13-21)24(3,34)26(27,28)29)17-32(15-14-30-25)40(35,36)23-9-7-6-8-22(23)39/h6-7,9-13,19,30,34H,8,14-18H2,1-5H3/t24-,25-/m1/s1. The molecular weight excluding hydrogens is 602 g/mol. The van der Waals surface area contributed by atoms with Crippen LogP contribution in [-0.4, -0.2) is 92.7 Å². The SMILES string of the molecule is CC(C)CN(C[C@@]1(c2ccc([C@@](C)(O)C(F)(F)F)cc2)CN(S(=O)(=O)C2=CC=CCC2=S)CCN1)S(=O)(=O)N(C)C. The third-order valence-electron chi connectivity index (χ3n) is 7.20. The van der Waals surface area contributed by atoms with Gasteiger partial charge in [0.15, 0.2) is 5.60 Å². The number of halogens is 3. The Bertz CT molecular complexity index is 1410. The van der Waals surface area contributed by atoms with Crippen molar-refractivity contribution in [2.24, 2.45) is 5.92 Å². The third-order valence-corrected chi connectivity index (χ3v) is 11.5. The van der Waals surface area contributed by atoms with Gasteiger partial charge in [0.1, 0.15) is 0 Å². The number of piperazine rings is 1. The number of thiocarbonyl (C=S) groups is 1. The van der Waals surface area contributed by atoms with Crippen molar-refractivity contribution in [3.63, 3.8) is 0 Å². The second kappa shape index (κ2) is 12.1. The smallest absolute Gasteiger partial charge is 0.376 e. The summed E-state index contributed by atoms with van der Waals surface area (Å²) in [6.45, 7) is 4.21. The largest absolute Gasteiger partial charge is 0.421 e. The maximum absolute atomic E-state index is 13.7. The molecule has 230 valence electrons. The molecule has 1 fully saturated rings. The van der Waals surface area contributed by atoms with Crippen LogP contribution in [0.2, 0.25) is 0 Å². The number of nitrogens with zero attached hydrogens (tertiary/aromatic N) is 3. The zero-order valence-electron chi connectivity index (χ0n) is 23.6. The fourth-order valence-corrected chi connectivity index (χ4v) is 8.24. The number of hydrogen-bond donors (Lipinski definition) is 2. The lowest BCUT2D eigenvalue weighted by atomic mass is 9.85. The molecule has 0 amide bonds. The maximum atomic E-state index is 13.7. The maximum Gasteiger partial charge on any atom is 0.421 e. The number of rotatable bonds is 10. The number of sulfonamides is 1. The van der Waals surface area contributed by atoms with E-state index >= 15 is 0 Å². The summed E-state index contributed by atoms with van der Waals surface area (Å²) in [4.78, 5) is 0.245. The van der Waals surface area contributed by atoms with E-state index in [0.717, 1.165) is 16.4 Å². The number of allylic oxidation sites excluding steroid dienone is 4. The van der Waals surface area contributed by atoms with Crippen molar-refractivity contribution in [1.29, 1.82) is 0 Å². The van der Waals surface area contributed by atoms with Crippen molar-refractivity contribution >= 4 is 37.3 Å².